The first kappa shape index (κ1) is 16.3. The molecule has 1 aliphatic rings. The summed E-state index contributed by atoms with van der Waals surface area (Å²) in [5.41, 5.74) is 0. The minimum absolute atomic E-state index is 0.0878. The van der Waals surface area contributed by atoms with Crippen LogP contribution in [-0.2, 0) is 4.79 Å². The van der Waals surface area contributed by atoms with Crippen molar-refractivity contribution in [1.29, 1.82) is 0 Å². The molecular weight excluding hydrogens is 285 g/mol. The molecule has 3 atom stereocenters. The van der Waals surface area contributed by atoms with Gasteiger partial charge in [-0.05, 0) is 30.4 Å². The number of benzene rings is 1. The lowest BCUT2D eigenvalue weighted by atomic mass is 9.78. The van der Waals surface area contributed by atoms with Crippen LogP contribution in [0, 0.1) is 17.7 Å². The Labute approximate surface area is 130 Å². The van der Waals surface area contributed by atoms with Crippen LogP contribution in [0.15, 0.2) is 29.2 Å². The predicted molar refractivity (Wildman–Crippen MR) is 85.9 cm³/mol. The van der Waals surface area contributed by atoms with E-state index >= 15 is 0 Å². The largest absolute Gasteiger partial charge is 0.353 e. The first-order valence-corrected chi connectivity index (χ1v) is 8.73. The molecule has 0 heterocycles. The maximum absolute atomic E-state index is 13.5. The van der Waals surface area contributed by atoms with E-state index in [9.17, 15) is 9.18 Å². The van der Waals surface area contributed by atoms with Gasteiger partial charge in [0.25, 0.3) is 0 Å². The van der Waals surface area contributed by atoms with E-state index in [0.717, 1.165) is 6.42 Å². The van der Waals surface area contributed by atoms with Gasteiger partial charge in [0.05, 0.1) is 0 Å². The average molecular weight is 309 g/mol. The number of hydrogen-bond acceptors (Lipinski definition) is 2. The van der Waals surface area contributed by atoms with Crippen molar-refractivity contribution in [2.45, 2.75) is 50.5 Å². The van der Waals surface area contributed by atoms with Gasteiger partial charge >= 0.3 is 0 Å². The summed E-state index contributed by atoms with van der Waals surface area (Å²) in [6.45, 7) is 4.49. The lowest BCUT2D eigenvalue weighted by Gasteiger charge is -2.34. The van der Waals surface area contributed by atoms with Gasteiger partial charge in [-0.1, -0.05) is 38.8 Å². The number of amides is 1. The first-order chi connectivity index (χ1) is 10.1. The molecule has 116 valence electrons. The highest BCUT2D eigenvalue weighted by molar-refractivity contribution is 7.99. The molecule has 0 aromatic heterocycles. The van der Waals surface area contributed by atoms with Crippen molar-refractivity contribution in [3.63, 3.8) is 0 Å². The Hall–Kier alpha value is -1.03. The monoisotopic (exact) mass is 309 g/mol. The second-order valence-corrected chi connectivity index (χ2v) is 7.11. The Morgan fingerprint density at radius 1 is 1.33 bits per heavy atom. The van der Waals surface area contributed by atoms with Crippen molar-refractivity contribution in [2.75, 3.05) is 5.75 Å². The summed E-state index contributed by atoms with van der Waals surface area (Å²) in [5, 5.41) is 3.15. The third-order valence-corrected chi connectivity index (χ3v) is 5.53. The average Bonchev–Trinajstić information content (AvgIpc) is 2.46. The number of halogens is 1. The molecule has 0 bridgehead atoms. The molecule has 1 aromatic carbocycles. The topological polar surface area (TPSA) is 29.1 Å². The van der Waals surface area contributed by atoms with E-state index in [4.69, 9.17) is 0 Å². The van der Waals surface area contributed by atoms with Crippen molar-refractivity contribution in [3.05, 3.63) is 30.1 Å². The van der Waals surface area contributed by atoms with Crippen LogP contribution in [0.1, 0.15) is 39.5 Å². The number of nitrogens with one attached hydrogen (secondary N) is 1. The molecule has 1 fully saturated rings. The Bertz CT molecular complexity index is 480. The molecule has 1 N–H and O–H groups in total. The van der Waals surface area contributed by atoms with Crippen molar-refractivity contribution in [1.82, 2.24) is 5.32 Å². The normalized spacial score (nSPS) is 25.6. The summed E-state index contributed by atoms with van der Waals surface area (Å²) < 4.78 is 13.5. The molecule has 3 unspecified atom stereocenters. The number of hydrogen-bond donors (Lipinski definition) is 1. The third-order valence-electron chi connectivity index (χ3n) is 4.48. The zero-order valence-electron chi connectivity index (χ0n) is 12.8. The van der Waals surface area contributed by atoms with Crippen molar-refractivity contribution in [3.8, 4) is 0 Å². The standard InChI is InChI=1S/C17H24FNOS/c1-12-6-5-8-15(13(12)2)19-17(20)10-11-21-16-9-4-3-7-14(16)18/h3-4,7,9,12-13,15H,5-6,8,10-11H2,1-2H3,(H,19,20). The second-order valence-electron chi connectivity index (χ2n) is 5.97. The molecule has 1 aliphatic carbocycles. The number of carbonyl (C=O) groups is 1. The van der Waals surface area contributed by atoms with Crippen molar-refractivity contribution < 1.29 is 9.18 Å². The fraction of sp³-hybridized carbons (Fsp3) is 0.588. The highest BCUT2D eigenvalue weighted by Crippen LogP contribution is 2.29. The molecule has 21 heavy (non-hydrogen) atoms. The summed E-state index contributed by atoms with van der Waals surface area (Å²) in [7, 11) is 0. The second kappa shape index (κ2) is 7.83. The molecule has 0 saturated heterocycles. The van der Waals surface area contributed by atoms with E-state index in [-0.39, 0.29) is 11.7 Å². The van der Waals surface area contributed by atoms with Crippen LogP contribution in [-0.4, -0.2) is 17.7 Å². The van der Waals surface area contributed by atoms with Crippen LogP contribution in [0.5, 0.6) is 0 Å². The smallest absolute Gasteiger partial charge is 0.221 e. The zero-order valence-corrected chi connectivity index (χ0v) is 13.6. The summed E-state index contributed by atoms with van der Waals surface area (Å²) in [4.78, 5) is 12.6. The SMILES string of the molecule is CC1CCCC(NC(=O)CCSc2ccccc2F)C1C. The first-order valence-electron chi connectivity index (χ1n) is 7.74. The van der Waals surface area contributed by atoms with E-state index in [1.54, 1.807) is 12.1 Å². The lowest BCUT2D eigenvalue weighted by Crippen LogP contribution is -2.43. The van der Waals surface area contributed by atoms with E-state index in [1.165, 1.54) is 30.7 Å². The molecule has 1 aromatic rings. The lowest BCUT2D eigenvalue weighted by molar-refractivity contribution is -0.122. The van der Waals surface area contributed by atoms with Gasteiger partial charge in [0.15, 0.2) is 0 Å². The summed E-state index contributed by atoms with van der Waals surface area (Å²) in [6, 6.07) is 7.00. The minimum atomic E-state index is -0.211. The highest BCUT2D eigenvalue weighted by atomic mass is 32.2. The van der Waals surface area contributed by atoms with Crippen LogP contribution in [0.25, 0.3) is 0 Å². The van der Waals surface area contributed by atoms with Crippen LogP contribution < -0.4 is 5.32 Å². The van der Waals surface area contributed by atoms with Crippen LogP contribution in [0.2, 0.25) is 0 Å². The quantitative estimate of drug-likeness (QED) is 0.824. The van der Waals surface area contributed by atoms with Gasteiger partial charge in [0, 0.05) is 23.1 Å². The molecule has 1 amide bonds. The summed E-state index contributed by atoms with van der Waals surface area (Å²) >= 11 is 1.40. The predicted octanol–water partition coefficient (Wildman–Crippen LogP) is 4.25. The van der Waals surface area contributed by atoms with Gasteiger partial charge in [-0.3, -0.25) is 4.79 Å². The van der Waals surface area contributed by atoms with Gasteiger partial charge in [-0.2, -0.15) is 0 Å². The Morgan fingerprint density at radius 2 is 2.10 bits per heavy atom. The van der Waals surface area contributed by atoms with Crippen LogP contribution in [0.3, 0.4) is 0 Å². The maximum Gasteiger partial charge on any atom is 0.221 e. The summed E-state index contributed by atoms with van der Waals surface area (Å²) in [6.07, 6.45) is 3.98. The molecule has 0 spiro atoms. The molecule has 0 aliphatic heterocycles. The molecule has 2 rings (SSSR count). The molecule has 0 radical (unpaired) electrons. The van der Waals surface area contributed by atoms with Gasteiger partial charge in [-0.15, -0.1) is 11.8 Å². The van der Waals surface area contributed by atoms with E-state index in [2.05, 4.69) is 19.2 Å². The summed E-state index contributed by atoms with van der Waals surface area (Å²) in [5.74, 6) is 1.71. The molecular formula is C17H24FNOS. The van der Waals surface area contributed by atoms with E-state index in [1.807, 2.05) is 6.07 Å². The number of thioether (sulfide) groups is 1. The number of rotatable bonds is 5. The Balaban J connectivity index is 1.74. The minimum Gasteiger partial charge on any atom is -0.353 e. The molecule has 4 heteroatoms. The van der Waals surface area contributed by atoms with E-state index in [0.29, 0.717) is 34.9 Å². The number of carbonyl (C=O) groups excluding carboxylic acids is 1. The van der Waals surface area contributed by atoms with Gasteiger partial charge in [-0.25, -0.2) is 4.39 Å². The van der Waals surface area contributed by atoms with Gasteiger partial charge in [0.2, 0.25) is 5.91 Å². The third kappa shape index (κ3) is 4.73. The fourth-order valence-corrected chi connectivity index (χ4v) is 3.77. The fourth-order valence-electron chi connectivity index (χ4n) is 2.88. The zero-order chi connectivity index (χ0) is 15.2. The van der Waals surface area contributed by atoms with Gasteiger partial charge in [0.1, 0.15) is 5.82 Å². The Kier molecular flexibility index (Phi) is 6.09. The van der Waals surface area contributed by atoms with E-state index < -0.39 is 0 Å². The van der Waals surface area contributed by atoms with Crippen LogP contribution >= 0.6 is 11.8 Å². The maximum atomic E-state index is 13.5. The molecule has 1 saturated carbocycles. The van der Waals surface area contributed by atoms with Crippen LogP contribution in [0.4, 0.5) is 4.39 Å². The highest BCUT2D eigenvalue weighted by Gasteiger charge is 2.27. The Morgan fingerprint density at radius 3 is 2.86 bits per heavy atom. The van der Waals surface area contributed by atoms with Crippen molar-refractivity contribution >= 4 is 17.7 Å². The molecule has 2 nitrogen and oxygen atoms in total. The van der Waals surface area contributed by atoms with Gasteiger partial charge < -0.3 is 5.32 Å². The van der Waals surface area contributed by atoms with Crippen molar-refractivity contribution in [2.24, 2.45) is 11.8 Å².